The Balaban J connectivity index is 1.61. The van der Waals surface area contributed by atoms with E-state index >= 15 is 0 Å². The van der Waals surface area contributed by atoms with Crippen molar-refractivity contribution in [3.05, 3.63) is 24.3 Å². The second kappa shape index (κ2) is 10.0. The van der Waals surface area contributed by atoms with Crippen LogP contribution in [0.3, 0.4) is 0 Å². The summed E-state index contributed by atoms with van der Waals surface area (Å²) < 4.78 is 16.7. The molecule has 24 heavy (non-hydrogen) atoms. The van der Waals surface area contributed by atoms with E-state index in [1.54, 1.807) is 14.2 Å². The number of benzene rings is 1. The number of nitrogens with zero attached hydrogens (tertiary/aromatic N) is 1. The molecule has 2 N–H and O–H groups in total. The largest absolute Gasteiger partial charge is 0.497 e. The molecule has 1 aromatic rings. The van der Waals surface area contributed by atoms with Gasteiger partial charge in [-0.1, -0.05) is 6.07 Å². The Morgan fingerprint density at radius 3 is 2.79 bits per heavy atom. The molecule has 0 radical (unpaired) electrons. The third-order valence-electron chi connectivity index (χ3n) is 3.75. The van der Waals surface area contributed by atoms with E-state index in [2.05, 4.69) is 15.6 Å². The molecule has 0 aromatic heterocycles. The van der Waals surface area contributed by atoms with Gasteiger partial charge in [-0.3, -0.25) is 4.99 Å². The molecule has 1 aromatic carbocycles. The molecule has 1 saturated carbocycles. The summed E-state index contributed by atoms with van der Waals surface area (Å²) in [6, 6.07) is 7.60. The smallest absolute Gasteiger partial charge is 0.191 e. The van der Waals surface area contributed by atoms with Gasteiger partial charge < -0.3 is 24.8 Å². The van der Waals surface area contributed by atoms with Crippen LogP contribution < -0.4 is 20.1 Å². The lowest BCUT2D eigenvalue weighted by molar-refractivity contribution is 0.129. The summed E-state index contributed by atoms with van der Waals surface area (Å²) in [6.45, 7) is 5.00. The first-order valence-corrected chi connectivity index (χ1v) is 8.54. The van der Waals surface area contributed by atoms with Crippen LogP contribution in [0.4, 0.5) is 0 Å². The number of methoxy groups -OCH3 is 1. The third-order valence-corrected chi connectivity index (χ3v) is 3.75. The highest BCUT2D eigenvalue weighted by Crippen LogP contribution is 2.28. The summed E-state index contributed by atoms with van der Waals surface area (Å²) in [4.78, 5) is 4.20. The number of aliphatic imine (C=N–C) groups is 1. The molecule has 0 heterocycles. The average Bonchev–Trinajstić information content (AvgIpc) is 3.41. The molecule has 0 bridgehead atoms. The summed E-state index contributed by atoms with van der Waals surface area (Å²) >= 11 is 0. The molecule has 6 heteroatoms. The molecule has 0 amide bonds. The van der Waals surface area contributed by atoms with E-state index in [1.165, 1.54) is 12.8 Å². The number of nitrogens with one attached hydrogen (secondary N) is 2. The van der Waals surface area contributed by atoms with E-state index < -0.39 is 0 Å². The van der Waals surface area contributed by atoms with Gasteiger partial charge in [-0.15, -0.1) is 0 Å². The van der Waals surface area contributed by atoms with Gasteiger partial charge in [0.25, 0.3) is 0 Å². The fourth-order valence-electron chi connectivity index (χ4n) is 2.19. The predicted octanol–water partition coefficient (Wildman–Crippen LogP) is 2.05. The molecular formula is C18H29N3O3. The van der Waals surface area contributed by atoms with Crippen LogP contribution in [-0.4, -0.2) is 52.5 Å². The lowest BCUT2D eigenvalue weighted by Crippen LogP contribution is -2.42. The summed E-state index contributed by atoms with van der Waals surface area (Å²) in [7, 11) is 3.40. The molecule has 1 atom stereocenters. The zero-order valence-corrected chi connectivity index (χ0v) is 14.9. The fraction of sp³-hybridized carbons (Fsp3) is 0.611. The Bertz CT molecular complexity index is 518. The molecular weight excluding hydrogens is 306 g/mol. The topological polar surface area (TPSA) is 64.1 Å². The predicted molar refractivity (Wildman–Crippen MR) is 96.0 cm³/mol. The van der Waals surface area contributed by atoms with Crippen molar-refractivity contribution in [3.63, 3.8) is 0 Å². The van der Waals surface area contributed by atoms with Gasteiger partial charge in [-0.2, -0.15) is 0 Å². The summed E-state index contributed by atoms with van der Waals surface area (Å²) in [5.41, 5.74) is 0. The molecule has 1 aliphatic rings. The lowest BCUT2D eigenvalue weighted by atomic mass is 10.3. The van der Waals surface area contributed by atoms with Crippen LogP contribution in [0.1, 0.15) is 19.8 Å². The first-order chi connectivity index (χ1) is 11.7. The van der Waals surface area contributed by atoms with Crippen molar-refractivity contribution < 1.29 is 14.2 Å². The molecule has 134 valence electrons. The molecule has 1 aliphatic carbocycles. The highest BCUT2D eigenvalue weighted by molar-refractivity contribution is 5.79. The van der Waals surface area contributed by atoms with E-state index in [1.807, 2.05) is 31.2 Å². The van der Waals surface area contributed by atoms with Crippen LogP contribution in [0.25, 0.3) is 0 Å². The normalized spacial score (nSPS) is 15.7. The second-order valence-electron chi connectivity index (χ2n) is 6.01. The summed E-state index contributed by atoms with van der Waals surface area (Å²) in [5, 5.41) is 6.50. The van der Waals surface area contributed by atoms with Gasteiger partial charge in [-0.25, -0.2) is 0 Å². The van der Waals surface area contributed by atoms with Gasteiger partial charge in [0.15, 0.2) is 5.96 Å². The van der Waals surface area contributed by atoms with Gasteiger partial charge in [0, 0.05) is 26.3 Å². The van der Waals surface area contributed by atoms with Gasteiger partial charge in [0.2, 0.25) is 0 Å². The zero-order valence-electron chi connectivity index (χ0n) is 14.9. The van der Waals surface area contributed by atoms with Crippen molar-refractivity contribution in [1.82, 2.24) is 10.6 Å². The van der Waals surface area contributed by atoms with E-state index in [0.717, 1.165) is 36.5 Å². The van der Waals surface area contributed by atoms with Crippen LogP contribution in [0.15, 0.2) is 29.3 Å². The standard InChI is InChI=1S/C18H29N3O3/c1-14(24-17-6-4-5-16(11-17)22-3)12-21-18(19-2)20-9-10-23-13-15-7-8-15/h4-6,11,14-15H,7-10,12-13H2,1-3H3,(H2,19,20,21). The number of guanidine groups is 1. The lowest BCUT2D eigenvalue weighted by Gasteiger charge is -2.18. The van der Waals surface area contributed by atoms with E-state index in [9.17, 15) is 0 Å². The monoisotopic (exact) mass is 335 g/mol. The molecule has 1 unspecified atom stereocenters. The van der Waals surface area contributed by atoms with E-state index in [4.69, 9.17) is 14.2 Å². The minimum absolute atomic E-state index is 0.00164. The average molecular weight is 335 g/mol. The molecule has 0 spiro atoms. The fourth-order valence-corrected chi connectivity index (χ4v) is 2.19. The Labute approximate surface area is 144 Å². The number of hydrogen-bond donors (Lipinski definition) is 2. The maximum absolute atomic E-state index is 5.88. The van der Waals surface area contributed by atoms with Crippen LogP contribution in [-0.2, 0) is 4.74 Å². The highest BCUT2D eigenvalue weighted by Gasteiger charge is 2.20. The Hall–Kier alpha value is -1.95. The number of ether oxygens (including phenoxy) is 3. The summed E-state index contributed by atoms with van der Waals surface area (Å²) in [5.74, 6) is 3.14. The summed E-state index contributed by atoms with van der Waals surface area (Å²) in [6.07, 6.45) is 2.64. The van der Waals surface area contributed by atoms with Crippen LogP contribution >= 0.6 is 0 Å². The first-order valence-electron chi connectivity index (χ1n) is 8.54. The van der Waals surface area contributed by atoms with Crippen molar-refractivity contribution in [2.75, 3.05) is 40.5 Å². The van der Waals surface area contributed by atoms with Gasteiger partial charge in [0.1, 0.15) is 17.6 Å². The molecule has 0 aliphatic heterocycles. The van der Waals surface area contributed by atoms with Crippen LogP contribution in [0, 0.1) is 5.92 Å². The SMILES string of the molecule is CN=C(NCCOCC1CC1)NCC(C)Oc1cccc(OC)c1. The van der Waals surface area contributed by atoms with Crippen molar-refractivity contribution in [3.8, 4) is 11.5 Å². The van der Waals surface area contributed by atoms with Gasteiger partial charge in [0.05, 0.1) is 20.3 Å². The minimum Gasteiger partial charge on any atom is -0.497 e. The maximum Gasteiger partial charge on any atom is 0.191 e. The molecule has 0 saturated heterocycles. The van der Waals surface area contributed by atoms with Crippen molar-refractivity contribution in [2.45, 2.75) is 25.9 Å². The van der Waals surface area contributed by atoms with E-state index in [0.29, 0.717) is 13.2 Å². The molecule has 6 nitrogen and oxygen atoms in total. The van der Waals surface area contributed by atoms with Gasteiger partial charge >= 0.3 is 0 Å². The van der Waals surface area contributed by atoms with Crippen molar-refractivity contribution >= 4 is 5.96 Å². The molecule has 1 fully saturated rings. The second-order valence-corrected chi connectivity index (χ2v) is 6.01. The van der Waals surface area contributed by atoms with E-state index in [-0.39, 0.29) is 6.10 Å². The minimum atomic E-state index is 0.00164. The highest BCUT2D eigenvalue weighted by atomic mass is 16.5. The van der Waals surface area contributed by atoms with Crippen LogP contribution in [0.5, 0.6) is 11.5 Å². The van der Waals surface area contributed by atoms with Crippen molar-refractivity contribution in [1.29, 1.82) is 0 Å². The Kier molecular flexibility index (Phi) is 7.68. The quantitative estimate of drug-likeness (QED) is 0.389. The van der Waals surface area contributed by atoms with Crippen molar-refractivity contribution in [2.24, 2.45) is 10.9 Å². The number of rotatable bonds is 10. The first kappa shape index (κ1) is 18.4. The van der Waals surface area contributed by atoms with Gasteiger partial charge in [-0.05, 0) is 37.8 Å². The molecule has 2 rings (SSSR count). The number of hydrogen-bond acceptors (Lipinski definition) is 4. The Morgan fingerprint density at radius 1 is 1.29 bits per heavy atom. The zero-order chi connectivity index (χ0) is 17.2. The van der Waals surface area contributed by atoms with Crippen LogP contribution in [0.2, 0.25) is 0 Å². The third kappa shape index (κ3) is 7.08. The Morgan fingerprint density at radius 2 is 2.08 bits per heavy atom. The maximum atomic E-state index is 5.88.